The molecule has 0 amide bonds. The highest BCUT2D eigenvalue weighted by Gasteiger charge is 2.65. The Bertz CT molecular complexity index is 1010. The van der Waals surface area contributed by atoms with E-state index in [0.717, 1.165) is 32.2 Å². The largest absolute Gasteiger partial charge is 0.482 e. The number of piperidine rings is 1. The molecule has 3 unspecified atom stereocenters. The Labute approximate surface area is 201 Å². The van der Waals surface area contributed by atoms with E-state index < -0.39 is 12.2 Å². The summed E-state index contributed by atoms with van der Waals surface area (Å²) in [5, 5.41) is 0. The van der Waals surface area contributed by atoms with Gasteiger partial charge in [0.05, 0.1) is 6.61 Å². The fraction of sp³-hybridized carbons (Fsp3) is 0.630. The third kappa shape index (κ3) is 3.55. The second-order valence-electron chi connectivity index (χ2n) is 10.00. The maximum absolute atomic E-state index is 12.7. The highest BCUT2D eigenvalue weighted by Crippen LogP contribution is 2.62. The number of benzene rings is 1. The molecule has 0 saturated carbocycles. The molecule has 1 aromatic rings. The SMILES string of the molecule is CCCCC(OC1C=C[C@H]2[C@H]3Cc4ccc(OC(C)=O)c5c4[C@@]2(CCN3C)C1O5)C(=O)OCC. The van der Waals surface area contributed by atoms with Gasteiger partial charge in [-0.3, -0.25) is 4.79 Å². The fourth-order valence-corrected chi connectivity index (χ4v) is 6.62. The van der Waals surface area contributed by atoms with Crippen LogP contribution in [0.3, 0.4) is 0 Å². The van der Waals surface area contributed by atoms with Crippen LogP contribution in [-0.4, -0.2) is 61.4 Å². The standard InChI is InChI=1S/C27H35NO6/c1-5-7-8-22(26(30)31-6-2)33-21-12-10-18-19-15-17-9-11-20(32-16(3)29)24-23(17)27(18,25(21)34-24)13-14-28(19)4/h9-12,18-19,21-22,25H,5-8,13-15H2,1-4H3/t18-,19+,21?,22?,25?,27-/m0/s1. The van der Waals surface area contributed by atoms with Crippen molar-refractivity contribution in [2.45, 2.75) is 82.6 Å². The third-order valence-corrected chi connectivity index (χ3v) is 8.06. The van der Waals surface area contributed by atoms with Gasteiger partial charge in [-0.05, 0) is 51.4 Å². The highest BCUT2D eigenvalue weighted by atomic mass is 16.6. The Hall–Kier alpha value is -2.38. The zero-order valence-electron chi connectivity index (χ0n) is 20.5. The quantitative estimate of drug-likeness (QED) is 0.327. The van der Waals surface area contributed by atoms with Crippen LogP contribution >= 0.6 is 0 Å². The van der Waals surface area contributed by atoms with Crippen LogP contribution in [0.15, 0.2) is 24.3 Å². The summed E-state index contributed by atoms with van der Waals surface area (Å²) >= 11 is 0. The second-order valence-corrected chi connectivity index (χ2v) is 10.00. The van der Waals surface area contributed by atoms with E-state index in [1.54, 1.807) is 0 Å². The minimum atomic E-state index is -0.632. The normalized spacial score (nSPS) is 31.4. The van der Waals surface area contributed by atoms with Crippen LogP contribution in [0.4, 0.5) is 0 Å². The number of ether oxygens (including phenoxy) is 4. The Morgan fingerprint density at radius 3 is 2.82 bits per heavy atom. The first kappa shape index (κ1) is 23.4. The lowest BCUT2D eigenvalue weighted by molar-refractivity contribution is -0.166. The number of unbranched alkanes of at least 4 members (excludes halogenated alkanes) is 1. The predicted octanol–water partition coefficient (Wildman–Crippen LogP) is 3.56. The molecule has 1 spiro atoms. The monoisotopic (exact) mass is 469 g/mol. The van der Waals surface area contributed by atoms with Crippen molar-refractivity contribution in [3.63, 3.8) is 0 Å². The summed E-state index contributed by atoms with van der Waals surface area (Å²) in [6, 6.07) is 4.31. The zero-order valence-corrected chi connectivity index (χ0v) is 20.5. The molecule has 0 radical (unpaired) electrons. The number of likely N-dealkylation sites (N-methyl/N-ethyl adjacent to an activating group) is 1. The molecule has 34 heavy (non-hydrogen) atoms. The molecule has 184 valence electrons. The van der Waals surface area contributed by atoms with Crippen LogP contribution in [0.5, 0.6) is 11.5 Å². The molecule has 0 N–H and O–H groups in total. The molecule has 5 rings (SSSR count). The molecule has 2 aliphatic heterocycles. The van der Waals surface area contributed by atoms with E-state index >= 15 is 0 Å². The van der Waals surface area contributed by atoms with Gasteiger partial charge in [0.25, 0.3) is 0 Å². The van der Waals surface area contributed by atoms with Gasteiger partial charge in [-0.2, -0.15) is 0 Å². The Morgan fingerprint density at radius 1 is 1.26 bits per heavy atom. The van der Waals surface area contributed by atoms with Gasteiger partial charge in [-0.25, -0.2) is 4.79 Å². The van der Waals surface area contributed by atoms with Crippen molar-refractivity contribution in [3.05, 3.63) is 35.4 Å². The van der Waals surface area contributed by atoms with E-state index in [2.05, 4.69) is 37.1 Å². The molecule has 1 aromatic carbocycles. The van der Waals surface area contributed by atoms with Crippen LogP contribution < -0.4 is 9.47 Å². The van der Waals surface area contributed by atoms with Crippen molar-refractivity contribution in [3.8, 4) is 11.5 Å². The van der Waals surface area contributed by atoms with Gasteiger partial charge in [0.1, 0.15) is 12.2 Å². The number of carbonyl (C=O) groups excluding carboxylic acids is 2. The van der Waals surface area contributed by atoms with Crippen LogP contribution in [0.1, 0.15) is 57.6 Å². The molecule has 4 aliphatic rings. The van der Waals surface area contributed by atoms with E-state index in [4.69, 9.17) is 18.9 Å². The summed E-state index contributed by atoms with van der Waals surface area (Å²) in [6.45, 7) is 6.60. The van der Waals surface area contributed by atoms with E-state index in [1.165, 1.54) is 18.1 Å². The van der Waals surface area contributed by atoms with E-state index in [-0.39, 0.29) is 29.4 Å². The van der Waals surface area contributed by atoms with Gasteiger partial charge < -0.3 is 23.8 Å². The summed E-state index contributed by atoms with van der Waals surface area (Å²) in [5.74, 6) is 0.732. The van der Waals surface area contributed by atoms with Crippen molar-refractivity contribution in [2.24, 2.45) is 5.92 Å². The van der Waals surface area contributed by atoms with Crippen molar-refractivity contribution >= 4 is 11.9 Å². The van der Waals surface area contributed by atoms with Crippen LogP contribution in [-0.2, 0) is 30.9 Å². The number of rotatable bonds is 8. The molecule has 2 aliphatic carbocycles. The maximum Gasteiger partial charge on any atom is 0.335 e. The molecule has 0 aromatic heterocycles. The number of nitrogens with zero attached hydrogens (tertiary/aromatic N) is 1. The molecular formula is C27H35NO6. The minimum Gasteiger partial charge on any atom is -0.482 e. The topological polar surface area (TPSA) is 74.3 Å². The van der Waals surface area contributed by atoms with Crippen LogP contribution in [0, 0.1) is 5.92 Å². The maximum atomic E-state index is 12.7. The molecule has 2 bridgehead atoms. The molecule has 7 nitrogen and oxygen atoms in total. The second kappa shape index (κ2) is 9.00. The average molecular weight is 470 g/mol. The number of carbonyl (C=O) groups is 2. The number of hydrogen-bond acceptors (Lipinski definition) is 7. The van der Waals surface area contributed by atoms with Crippen LogP contribution in [0.25, 0.3) is 0 Å². The van der Waals surface area contributed by atoms with Crippen molar-refractivity contribution in [2.75, 3.05) is 20.2 Å². The zero-order chi connectivity index (χ0) is 24.0. The highest BCUT2D eigenvalue weighted by molar-refractivity contribution is 5.75. The molecular weight excluding hydrogens is 434 g/mol. The molecule has 1 saturated heterocycles. The number of hydrogen-bond donors (Lipinski definition) is 0. The minimum absolute atomic E-state index is 0.264. The Kier molecular flexibility index (Phi) is 6.19. The van der Waals surface area contributed by atoms with Gasteiger partial charge in [0.2, 0.25) is 0 Å². The lowest BCUT2D eigenvalue weighted by atomic mass is 9.53. The average Bonchev–Trinajstić information content (AvgIpc) is 3.16. The third-order valence-electron chi connectivity index (χ3n) is 8.06. The Morgan fingerprint density at radius 2 is 2.09 bits per heavy atom. The van der Waals surface area contributed by atoms with Crippen LogP contribution in [0.2, 0.25) is 0 Å². The summed E-state index contributed by atoms with van der Waals surface area (Å²) < 4.78 is 24.1. The predicted molar refractivity (Wildman–Crippen MR) is 126 cm³/mol. The number of esters is 2. The first-order chi connectivity index (χ1) is 16.4. The smallest absolute Gasteiger partial charge is 0.335 e. The van der Waals surface area contributed by atoms with Gasteiger partial charge in [-0.1, -0.05) is 38.0 Å². The molecule has 1 fully saturated rings. The van der Waals surface area contributed by atoms with E-state index in [0.29, 0.717) is 30.6 Å². The van der Waals surface area contributed by atoms with Crippen molar-refractivity contribution in [1.82, 2.24) is 4.90 Å². The first-order valence-electron chi connectivity index (χ1n) is 12.6. The molecule has 7 heteroatoms. The van der Waals surface area contributed by atoms with Crippen molar-refractivity contribution < 1.29 is 28.5 Å². The van der Waals surface area contributed by atoms with Gasteiger partial charge in [-0.15, -0.1) is 0 Å². The van der Waals surface area contributed by atoms with E-state index in [9.17, 15) is 9.59 Å². The fourth-order valence-electron chi connectivity index (χ4n) is 6.62. The summed E-state index contributed by atoms with van der Waals surface area (Å²) in [5.41, 5.74) is 2.16. The van der Waals surface area contributed by atoms with Gasteiger partial charge in [0.15, 0.2) is 17.6 Å². The van der Waals surface area contributed by atoms with Gasteiger partial charge in [0, 0.05) is 29.9 Å². The summed E-state index contributed by atoms with van der Waals surface area (Å²) in [4.78, 5) is 27.0. The van der Waals surface area contributed by atoms with E-state index in [1.807, 2.05) is 13.0 Å². The summed E-state index contributed by atoms with van der Waals surface area (Å²) in [6.07, 6.45) is 7.37. The lowest BCUT2D eigenvalue weighted by Crippen LogP contribution is -2.65. The van der Waals surface area contributed by atoms with Crippen molar-refractivity contribution in [1.29, 1.82) is 0 Å². The van der Waals surface area contributed by atoms with Gasteiger partial charge >= 0.3 is 11.9 Å². The summed E-state index contributed by atoms with van der Waals surface area (Å²) in [7, 11) is 2.19. The lowest BCUT2D eigenvalue weighted by Gasteiger charge is -2.57. The number of likely N-dealkylation sites (tertiary alicyclic amines) is 1. The first-order valence-corrected chi connectivity index (χ1v) is 12.6. The molecule has 6 atom stereocenters. The molecule has 2 heterocycles. The Balaban J connectivity index is 1.55.